The number of carboxylic acid groups (broad SMARTS) is 1. The van der Waals surface area contributed by atoms with E-state index in [0.717, 1.165) is 31.7 Å². The normalized spacial score (nSPS) is 18.2. The summed E-state index contributed by atoms with van der Waals surface area (Å²) in [5, 5.41) is 13.6. The number of rotatable bonds is 3. The van der Waals surface area contributed by atoms with Gasteiger partial charge in [-0.1, -0.05) is 6.92 Å². The summed E-state index contributed by atoms with van der Waals surface area (Å²) < 4.78 is 7.17. The van der Waals surface area contributed by atoms with Crippen molar-refractivity contribution >= 4 is 11.5 Å². The molecule has 0 aromatic carbocycles. The molecule has 2 aromatic rings. The summed E-state index contributed by atoms with van der Waals surface area (Å²) in [7, 11) is 0. The second-order valence-corrected chi connectivity index (χ2v) is 5.35. The molecule has 1 N–H and O–H groups in total. The first kappa shape index (κ1) is 13.1. The second-order valence-electron chi connectivity index (χ2n) is 5.35. The number of aromatic nitrogens is 2. The lowest BCUT2D eigenvalue weighted by Crippen LogP contribution is -2.21. The quantitative estimate of drug-likeness (QED) is 0.934. The largest absolute Gasteiger partial charge is 0.478 e. The van der Waals surface area contributed by atoms with Crippen LogP contribution in [0, 0.1) is 5.92 Å². The molecule has 0 amide bonds. The molecule has 0 saturated carbocycles. The molecule has 0 aliphatic carbocycles. The van der Waals surface area contributed by atoms with Crippen LogP contribution in [0.25, 0.3) is 5.52 Å². The van der Waals surface area contributed by atoms with E-state index in [2.05, 4.69) is 12.0 Å². The van der Waals surface area contributed by atoms with Crippen molar-refractivity contribution in [2.45, 2.75) is 25.7 Å². The van der Waals surface area contributed by atoms with Crippen molar-refractivity contribution in [3.05, 3.63) is 35.7 Å². The van der Waals surface area contributed by atoms with Crippen LogP contribution in [-0.2, 0) is 4.74 Å². The fraction of sp³-hybridized carbons (Fsp3) is 0.467. The first-order valence-corrected chi connectivity index (χ1v) is 6.96. The van der Waals surface area contributed by atoms with Crippen molar-refractivity contribution in [2.75, 3.05) is 13.2 Å². The molecule has 1 aliphatic heterocycles. The molecule has 0 radical (unpaired) electrons. The van der Waals surface area contributed by atoms with Gasteiger partial charge in [-0.25, -0.2) is 9.31 Å². The number of hydrogen-bond donors (Lipinski definition) is 1. The summed E-state index contributed by atoms with van der Waals surface area (Å²) in [6, 6.07) is 5.34. The fourth-order valence-corrected chi connectivity index (χ4v) is 3.02. The van der Waals surface area contributed by atoms with Gasteiger partial charge in [-0.2, -0.15) is 5.10 Å². The van der Waals surface area contributed by atoms with Gasteiger partial charge < -0.3 is 9.84 Å². The summed E-state index contributed by atoms with van der Waals surface area (Å²) >= 11 is 0. The minimum absolute atomic E-state index is 0.273. The lowest BCUT2D eigenvalue weighted by molar-refractivity contribution is 0.0590. The van der Waals surface area contributed by atoms with E-state index in [1.54, 1.807) is 28.9 Å². The number of ether oxygens (including phenoxy) is 1. The van der Waals surface area contributed by atoms with Crippen molar-refractivity contribution in [3.63, 3.8) is 0 Å². The third-order valence-electron chi connectivity index (χ3n) is 4.23. The molecule has 1 unspecified atom stereocenters. The standard InChI is InChI=1S/C15H18N2O3/c1-10(11-4-7-20-8-5-11)14-9-12(15(18)19)13-3-2-6-16-17(13)14/h2-3,6,9-11H,4-5,7-8H2,1H3,(H,18,19). The summed E-state index contributed by atoms with van der Waals surface area (Å²) in [5.74, 6) is -0.110. The number of carbonyl (C=O) groups is 1. The highest BCUT2D eigenvalue weighted by atomic mass is 16.5. The van der Waals surface area contributed by atoms with Crippen molar-refractivity contribution in [1.29, 1.82) is 0 Å². The van der Waals surface area contributed by atoms with Gasteiger partial charge in [0.1, 0.15) is 0 Å². The Labute approximate surface area is 117 Å². The zero-order chi connectivity index (χ0) is 14.1. The maximum atomic E-state index is 11.4. The van der Waals surface area contributed by atoms with Crippen LogP contribution in [0.5, 0.6) is 0 Å². The van der Waals surface area contributed by atoms with Gasteiger partial charge in [-0.3, -0.25) is 0 Å². The molecule has 1 fully saturated rings. The molecule has 1 aliphatic rings. The first-order chi connectivity index (χ1) is 9.68. The Hall–Kier alpha value is -1.88. The van der Waals surface area contributed by atoms with Gasteiger partial charge in [-0.15, -0.1) is 0 Å². The minimum atomic E-state index is -0.902. The van der Waals surface area contributed by atoms with Gasteiger partial charge in [-0.05, 0) is 37.0 Å². The molecule has 106 valence electrons. The Morgan fingerprint density at radius 1 is 1.50 bits per heavy atom. The highest BCUT2D eigenvalue weighted by Crippen LogP contribution is 2.33. The lowest BCUT2D eigenvalue weighted by atomic mass is 9.85. The molecule has 1 atom stereocenters. The predicted molar refractivity (Wildman–Crippen MR) is 74.1 cm³/mol. The van der Waals surface area contributed by atoms with Crippen molar-refractivity contribution in [2.24, 2.45) is 5.92 Å². The molecule has 5 heteroatoms. The van der Waals surface area contributed by atoms with E-state index < -0.39 is 5.97 Å². The molecule has 3 rings (SSSR count). The number of nitrogens with zero attached hydrogens (tertiary/aromatic N) is 2. The predicted octanol–water partition coefficient (Wildman–Crippen LogP) is 2.56. The van der Waals surface area contributed by atoms with E-state index in [4.69, 9.17) is 4.74 Å². The summed E-state index contributed by atoms with van der Waals surface area (Å²) in [5.41, 5.74) is 1.96. The zero-order valence-corrected chi connectivity index (χ0v) is 11.5. The van der Waals surface area contributed by atoms with Crippen LogP contribution in [-0.4, -0.2) is 33.9 Å². The molecule has 3 heterocycles. The molecule has 20 heavy (non-hydrogen) atoms. The first-order valence-electron chi connectivity index (χ1n) is 6.96. The van der Waals surface area contributed by atoms with Crippen LogP contribution in [0.1, 0.15) is 41.7 Å². The van der Waals surface area contributed by atoms with Gasteiger partial charge in [0, 0.05) is 31.0 Å². The molecule has 5 nitrogen and oxygen atoms in total. The average molecular weight is 274 g/mol. The average Bonchev–Trinajstić information content (AvgIpc) is 2.87. The number of fused-ring (bicyclic) bond motifs is 1. The molecule has 0 spiro atoms. The van der Waals surface area contributed by atoms with Crippen molar-refractivity contribution in [3.8, 4) is 0 Å². The van der Waals surface area contributed by atoms with Gasteiger partial charge in [0.05, 0.1) is 11.1 Å². The Bertz CT molecular complexity index is 629. The van der Waals surface area contributed by atoms with Crippen LogP contribution in [0.4, 0.5) is 0 Å². The molecule has 2 aromatic heterocycles. The Morgan fingerprint density at radius 3 is 2.95 bits per heavy atom. The maximum absolute atomic E-state index is 11.4. The van der Waals surface area contributed by atoms with E-state index in [1.807, 2.05) is 0 Å². The molecular formula is C15H18N2O3. The molecule has 0 bridgehead atoms. The topological polar surface area (TPSA) is 63.8 Å². The molecule has 1 saturated heterocycles. The van der Waals surface area contributed by atoms with Crippen molar-refractivity contribution in [1.82, 2.24) is 9.61 Å². The van der Waals surface area contributed by atoms with Gasteiger partial charge in [0.25, 0.3) is 0 Å². The van der Waals surface area contributed by atoms with Crippen LogP contribution < -0.4 is 0 Å². The summed E-state index contributed by atoms with van der Waals surface area (Å²) in [6.45, 7) is 3.73. The summed E-state index contributed by atoms with van der Waals surface area (Å²) in [6.07, 6.45) is 3.73. The van der Waals surface area contributed by atoms with E-state index in [1.165, 1.54) is 0 Å². The van der Waals surface area contributed by atoms with Crippen LogP contribution in [0.3, 0.4) is 0 Å². The fourth-order valence-electron chi connectivity index (χ4n) is 3.02. The van der Waals surface area contributed by atoms with E-state index >= 15 is 0 Å². The van der Waals surface area contributed by atoms with Gasteiger partial charge in [0.15, 0.2) is 0 Å². The van der Waals surface area contributed by atoms with E-state index in [0.29, 0.717) is 17.0 Å². The van der Waals surface area contributed by atoms with Gasteiger partial charge in [0.2, 0.25) is 0 Å². The van der Waals surface area contributed by atoms with E-state index in [-0.39, 0.29) is 5.92 Å². The Kier molecular flexibility index (Phi) is 3.44. The van der Waals surface area contributed by atoms with Crippen molar-refractivity contribution < 1.29 is 14.6 Å². The SMILES string of the molecule is CC(c1cc(C(=O)O)c2cccnn12)C1CCOCC1. The third-order valence-corrected chi connectivity index (χ3v) is 4.23. The van der Waals surface area contributed by atoms with Crippen LogP contribution >= 0.6 is 0 Å². The monoisotopic (exact) mass is 274 g/mol. The molecular weight excluding hydrogens is 256 g/mol. The number of hydrogen-bond acceptors (Lipinski definition) is 3. The Morgan fingerprint density at radius 2 is 2.25 bits per heavy atom. The smallest absolute Gasteiger partial charge is 0.337 e. The third kappa shape index (κ3) is 2.18. The van der Waals surface area contributed by atoms with E-state index in [9.17, 15) is 9.90 Å². The number of carboxylic acids is 1. The van der Waals surface area contributed by atoms with Gasteiger partial charge >= 0.3 is 5.97 Å². The second kappa shape index (κ2) is 5.25. The highest BCUT2D eigenvalue weighted by molar-refractivity contribution is 5.96. The zero-order valence-electron chi connectivity index (χ0n) is 11.5. The summed E-state index contributed by atoms with van der Waals surface area (Å²) in [4.78, 5) is 11.4. The highest BCUT2D eigenvalue weighted by Gasteiger charge is 2.26. The Balaban J connectivity index is 2.04. The van der Waals surface area contributed by atoms with Crippen LogP contribution in [0.2, 0.25) is 0 Å². The van der Waals surface area contributed by atoms with Crippen LogP contribution in [0.15, 0.2) is 24.4 Å². The maximum Gasteiger partial charge on any atom is 0.337 e. The lowest BCUT2D eigenvalue weighted by Gasteiger charge is -2.27. The minimum Gasteiger partial charge on any atom is -0.478 e. The number of aromatic carboxylic acids is 1.